The summed E-state index contributed by atoms with van der Waals surface area (Å²) in [5.74, 6) is 1.03. The third-order valence-electron chi connectivity index (χ3n) is 3.09. The fourth-order valence-electron chi connectivity index (χ4n) is 2.00. The van der Waals surface area contributed by atoms with Crippen LogP contribution in [0.25, 0.3) is 22.6 Å². The topological polar surface area (TPSA) is 38.9 Å². The molecule has 1 aromatic carbocycles. The molecule has 0 bridgehead atoms. The number of fused-ring (bicyclic) bond motifs is 1. The van der Waals surface area contributed by atoms with Crippen molar-refractivity contribution in [1.82, 2.24) is 9.97 Å². The zero-order chi connectivity index (χ0) is 14.3. The van der Waals surface area contributed by atoms with E-state index >= 15 is 0 Å². The Balaban J connectivity index is 2.18. The van der Waals surface area contributed by atoms with E-state index in [1.807, 2.05) is 6.07 Å². The summed E-state index contributed by atoms with van der Waals surface area (Å²) in [7, 11) is 0. The number of hydrogen-bond acceptors (Lipinski definition) is 3. The molecule has 0 aliphatic rings. The molecule has 0 N–H and O–H groups in total. The smallest absolute Gasteiger partial charge is 0.228 e. The highest BCUT2D eigenvalue weighted by atomic mass is 79.9. The van der Waals surface area contributed by atoms with Gasteiger partial charge in [0, 0.05) is 16.9 Å². The Hall–Kier alpha value is -1.20. The minimum atomic E-state index is 0.448. The van der Waals surface area contributed by atoms with Gasteiger partial charge in [0.25, 0.3) is 0 Å². The first kappa shape index (κ1) is 13.8. The molecular formula is C15H12Br2N2O. The van der Waals surface area contributed by atoms with E-state index in [1.165, 1.54) is 5.56 Å². The fourth-order valence-corrected chi connectivity index (χ4v) is 2.91. The monoisotopic (exact) mass is 394 g/mol. The molecule has 0 saturated heterocycles. The number of nitrogens with zero attached hydrogens (tertiary/aromatic N) is 2. The molecule has 0 aliphatic carbocycles. The van der Waals surface area contributed by atoms with Crippen LogP contribution < -0.4 is 0 Å². The molecule has 0 fully saturated rings. The molecule has 0 saturated carbocycles. The normalized spacial score (nSPS) is 11.4. The van der Waals surface area contributed by atoms with E-state index in [9.17, 15) is 0 Å². The molecule has 3 aromatic rings. The molecule has 0 aliphatic heterocycles. The summed E-state index contributed by atoms with van der Waals surface area (Å²) in [5.41, 5.74) is 3.72. The maximum absolute atomic E-state index is 5.86. The molecule has 5 heteroatoms. The van der Waals surface area contributed by atoms with Crippen molar-refractivity contribution in [3.8, 4) is 11.5 Å². The van der Waals surface area contributed by atoms with Crippen LogP contribution in [-0.4, -0.2) is 9.97 Å². The van der Waals surface area contributed by atoms with Crippen molar-refractivity contribution in [1.29, 1.82) is 0 Å². The van der Waals surface area contributed by atoms with Gasteiger partial charge in [-0.3, -0.25) is 4.98 Å². The van der Waals surface area contributed by atoms with Crippen LogP contribution in [0, 0.1) is 0 Å². The molecule has 0 spiro atoms. The van der Waals surface area contributed by atoms with Crippen LogP contribution in [-0.2, 0) is 0 Å². The van der Waals surface area contributed by atoms with Crippen LogP contribution >= 0.6 is 31.9 Å². The van der Waals surface area contributed by atoms with Gasteiger partial charge in [-0.15, -0.1) is 0 Å². The fraction of sp³-hybridized carbons (Fsp3) is 0.200. The van der Waals surface area contributed by atoms with Crippen molar-refractivity contribution in [2.45, 2.75) is 19.8 Å². The Morgan fingerprint density at radius 1 is 1.10 bits per heavy atom. The van der Waals surface area contributed by atoms with Crippen LogP contribution in [0.4, 0.5) is 0 Å². The van der Waals surface area contributed by atoms with E-state index < -0.39 is 0 Å². The van der Waals surface area contributed by atoms with E-state index in [4.69, 9.17) is 4.42 Å². The van der Waals surface area contributed by atoms with Crippen LogP contribution in [0.3, 0.4) is 0 Å². The second-order valence-electron chi connectivity index (χ2n) is 4.92. The lowest BCUT2D eigenvalue weighted by Crippen LogP contribution is -1.87. The summed E-state index contributed by atoms with van der Waals surface area (Å²) in [6, 6.07) is 6.10. The number of pyridine rings is 1. The van der Waals surface area contributed by atoms with Gasteiger partial charge in [0.15, 0.2) is 5.58 Å². The lowest BCUT2D eigenvalue weighted by molar-refractivity contribution is 0.617. The molecule has 0 atom stereocenters. The molecule has 0 amide bonds. The Bertz CT molecular complexity index is 781. The lowest BCUT2D eigenvalue weighted by atomic mass is 10.0. The first-order valence-corrected chi connectivity index (χ1v) is 7.84. The van der Waals surface area contributed by atoms with Gasteiger partial charge < -0.3 is 4.42 Å². The minimum absolute atomic E-state index is 0.448. The maximum atomic E-state index is 5.86. The van der Waals surface area contributed by atoms with E-state index in [0.29, 0.717) is 11.8 Å². The third kappa shape index (κ3) is 2.52. The zero-order valence-electron chi connectivity index (χ0n) is 11.0. The number of aromatic nitrogens is 2. The third-order valence-corrected chi connectivity index (χ3v) is 4.11. The standard InChI is InChI=1S/C15H12Br2N2O/c1-8(2)9-4-12(17)14-13(5-9)19-15(20-14)10-3-11(16)7-18-6-10/h3-8H,1-2H3. The zero-order valence-corrected chi connectivity index (χ0v) is 14.2. The van der Waals surface area contributed by atoms with Gasteiger partial charge in [0.1, 0.15) is 5.52 Å². The molecule has 0 unspecified atom stereocenters. The predicted molar refractivity (Wildman–Crippen MR) is 86.7 cm³/mol. The summed E-state index contributed by atoms with van der Waals surface area (Å²) in [4.78, 5) is 8.71. The SMILES string of the molecule is CC(C)c1cc(Br)c2oc(-c3cncc(Br)c3)nc2c1. The minimum Gasteiger partial charge on any atom is -0.435 e. The summed E-state index contributed by atoms with van der Waals surface area (Å²) in [5, 5.41) is 0. The highest BCUT2D eigenvalue weighted by molar-refractivity contribution is 9.11. The first-order chi connectivity index (χ1) is 9.54. The number of halogens is 2. The van der Waals surface area contributed by atoms with Gasteiger partial charge in [-0.2, -0.15) is 0 Å². The number of hydrogen-bond donors (Lipinski definition) is 0. The largest absolute Gasteiger partial charge is 0.435 e. The van der Waals surface area contributed by atoms with Crippen molar-refractivity contribution >= 4 is 43.0 Å². The van der Waals surface area contributed by atoms with E-state index in [0.717, 1.165) is 25.6 Å². The Morgan fingerprint density at radius 3 is 2.60 bits per heavy atom. The summed E-state index contributed by atoms with van der Waals surface area (Å²) < 4.78 is 7.69. The molecule has 0 radical (unpaired) electrons. The summed E-state index contributed by atoms with van der Waals surface area (Å²) >= 11 is 6.96. The number of benzene rings is 1. The molecular weight excluding hydrogens is 384 g/mol. The van der Waals surface area contributed by atoms with E-state index in [1.54, 1.807) is 12.4 Å². The van der Waals surface area contributed by atoms with Crippen LogP contribution in [0.5, 0.6) is 0 Å². The van der Waals surface area contributed by atoms with Crippen molar-refractivity contribution in [2.75, 3.05) is 0 Å². The molecule has 2 aromatic heterocycles. The lowest BCUT2D eigenvalue weighted by Gasteiger charge is -2.04. The first-order valence-electron chi connectivity index (χ1n) is 6.25. The van der Waals surface area contributed by atoms with Crippen LogP contribution in [0.1, 0.15) is 25.3 Å². The van der Waals surface area contributed by atoms with Gasteiger partial charge in [-0.25, -0.2) is 4.98 Å². The van der Waals surface area contributed by atoms with Gasteiger partial charge in [0.2, 0.25) is 5.89 Å². The number of rotatable bonds is 2. The molecule has 3 rings (SSSR count). The Labute approximate surface area is 133 Å². The Kier molecular flexibility index (Phi) is 3.65. The number of oxazole rings is 1. The molecule has 2 heterocycles. The van der Waals surface area contributed by atoms with Gasteiger partial charge >= 0.3 is 0 Å². The quantitative estimate of drug-likeness (QED) is 0.571. The van der Waals surface area contributed by atoms with Crippen molar-refractivity contribution in [3.63, 3.8) is 0 Å². The van der Waals surface area contributed by atoms with Crippen molar-refractivity contribution < 1.29 is 4.42 Å². The second kappa shape index (κ2) is 5.30. The summed E-state index contributed by atoms with van der Waals surface area (Å²) in [6.07, 6.45) is 3.48. The molecule has 102 valence electrons. The highest BCUT2D eigenvalue weighted by Gasteiger charge is 2.13. The average molecular weight is 396 g/mol. The van der Waals surface area contributed by atoms with Gasteiger partial charge in [0.05, 0.1) is 10.0 Å². The van der Waals surface area contributed by atoms with Crippen LogP contribution in [0.15, 0.2) is 44.0 Å². The average Bonchev–Trinajstić information content (AvgIpc) is 2.83. The van der Waals surface area contributed by atoms with Crippen molar-refractivity contribution in [2.24, 2.45) is 0 Å². The second-order valence-corrected chi connectivity index (χ2v) is 6.69. The molecule has 20 heavy (non-hydrogen) atoms. The maximum Gasteiger partial charge on any atom is 0.228 e. The van der Waals surface area contributed by atoms with Gasteiger partial charge in [-0.1, -0.05) is 13.8 Å². The van der Waals surface area contributed by atoms with E-state index in [-0.39, 0.29) is 0 Å². The van der Waals surface area contributed by atoms with E-state index in [2.05, 4.69) is 67.8 Å². The Morgan fingerprint density at radius 2 is 1.90 bits per heavy atom. The summed E-state index contributed by atoms with van der Waals surface area (Å²) in [6.45, 7) is 4.32. The molecule has 3 nitrogen and oxygen atoms in total. The van der Waals surface area contributed by atoms with Crippen LogP contribution in [0.2, 0.25) is 0 Å². The highest BCUT2D eigenvalue weighted by Crippen LogP contribution is 2.32. The van der Waals surface area contributed by atoms with Crippen molar-refractivity contribution in [3.05, 3.63) is 45.1 Å². The van der Waals surface area contributed by atoms with Gasteiger partial charge in [-0.05, 0) is 61.5 Å². The predicted octanol–water partition coefficient (Wildman–Crippen LogP) is 5.54.